The van der Waals surface area contributed by atoms with Crippen molar-refractivity contribution in [2.24, 2.45) is 0 Å². The van der Waals surface area contributed by atoms with Gasteiger partial charge in [0.15, 0.2) is 0 Å². The van der Waals surface area contributed by atoms with Crippen LogP contribution in [0.25, 0.3) is 5.76 Å². The molecule has 8 nitrogen and oxygen atoms in total. The molecule has 0 spiro atoms. The monoisotopic (exact) mass is 415 g/mol. The molecule has 1 amide bonds. The maximum atomic E-state index is 13.0. The number of benzene rings is 2. The Balaban J connectivity index is 1.89. The van der Waals surface area contributed by atoms with Crippen molar-refractivity contribution in [3.8, 4) is 0 Å². The lowest BCUT2D eigenvalue weighted by molar-refractivity contribution is -0.384. The van der Waals surface area contributed by atoms with Crippen LogP contribution < -0.4 is 0 Å². The summed E-state index contributed by atoms with van der Waals surface area (Å²) in [5.41, 5.74) is 1.12. The maximum absolute atomic E-state index is 13.0. The molecule has 4 rings (SSSR count). The van der Waals surface area contributed by atoms with Crippen LogP contribution in [0.5, 0.6) is 0 Å². The molecule has 0 unspecified atom stereocenters. The number of carbonyl (C=O) groups is 2. The van der Waals surface area contributed by atoms with E-state index in [0.29, 0.717) is 16.7 Å². The van der Waals surface area contributed by atoms with Gasteiger partial charge in [0.25, 0.3) is 17.4 Å². The van der Waals surface area contributed by atoms with Crippen LogP contribution in [0.1, 0.15) is 22.7 Å². The molecule has 0 bridgehead atoms. The van der Waals surface area contributed by atoms with Crippen LogP contribution in [0.3, 0.4) is 0 Å². The zero-order valence-electron chi connectivity index (χ0n) is 16.2. The number of likely N-dealkylation sites (tertiary alicyclic amines) is 1. The highest BCUT2D eigenvalue weighted by Gasteiger charge is 2.46. The summed E-state index contributed by atoms with van der Waals surface area (Å²) in [6.07, 6.45) is 3.16. The molecule has 31 heavy (non-hydrogen) atoms. The Morgan fingerprint density at radius 1 is 1.06 bits per heavy atom. The van der Waals surface area contributed by atoms with Gasteiger partial charge in [-0.25, -0.2) is 0 Å². The second-order valence-corrected chi connectivity index (χ2v) is 7.01. The molecule has 1 saturated heterocycles. The van der Waals surface area contributed by atoms with Crippen molar-refractivity contribution in [3.05, 3.63) is 112 Å². The van der Waals surface area contributed by atoms with E-state index in [-0.39, 0.29) is 23.6 Å². The Morgan fingerprint density at radius 3 is 2.52 bits per heavy atom. The summed E-state index contributed by atoms with van der Waals surface area (Å²) < 4.78 is 0. The third kappa shape index (κ3) is 3.78. The molecule has 0 radical (unpaired) electrons. The molecule has 154 valence electrons. The summed E-state index contributed by atoms with van der Waals surface area (Å²) in [7, 11) is 0. The van der Waals surface area contributed by atoms with E-state index in [1.54, 1.807) is 60.9 Å². The van der Waals surface area contributed by atoms with E-state index >= 15 is 0 Å². The molecule has 0 saturated carbocycles. The molecule has 2 aromatic carbocycles. The Hall–Kier alpha value is -4.33. The molecule has 0 aliphatic carbocycles. The van der Waals surface area contributed by atoms with Crippen LogP contribution in [-0.2, 0) is 16.1 Å². The van der Waals surface area contributed by atoms with E-state index < -0.39 is 22.7 Å². The highest BCUT2D eigenvalue weighted by Crippen LogP contribution is 2.40. The van der Waals surface area contributed by atoms with Crippen molar-refractivity contribution < 1.29 is 19.6 Å². The molecule has 1 aliphatic rings. The van der Waals surface area contributed by atoms with Gasteiger partial charge in [-0.2, -0.15) is 0 Å². The van der Waals surface area contributed by atoms with Gasteiger partial charge in [0.1, 0.15) is 5.76 Å². The van der Waals surface area contributed by atoms with Gasteiger partial charge in [-0.15, -0.1) is 0 Å². The molecule has 1 aliphatic heterocycles. The van der Waals surface area contributed by atoms with E-state index in [9.17, 15) is 24.8 Å². The van der Waals surface area contributed by atoms with Gasteiger partial charge in [0, 0.05) is 36.6 Å². The van der Waals surface area contributed by atoms with Crippen LogP contribution in [-0.4, -0.2) is 31.6 Å². The molecular formula is C23H17N3O5. The topological polar surface area (TPSA) is 114 Å². The van der Waals surface area contributed by atoms with Gasteiger partial charge < -0.3 is 10.0 Å². The van der Waals surface area contributed by atoms with Crippen molar-refractivity contribution in [1.29, 1.82) is 0 Å². The third-order valence-corrected chi connectivity index (χ3v) is 5.06. The standard InChI is InChI=1S/C23H17N3O5/c27-21(16-7-2-1-3-8-16)19-20(17-9-4-10-18(12-17)26(30)31)25(23(29)22(19)28)14-15-6-5-11-24-13-15/h1-13,20,27H,14H2/t20-/m1/s1. The van der Waals surface area contributed by atoms with E-state index in [1.165, 1.54) is 23.1 Å². The number of hydrogen-bond acceptors (Lipinski definition) is 6. The summed E-state index contributed by atoms with van der Waals surface area (Å²) in [6, 6.07) is 16.6. The Kier molecular flexibility index (Phi) is 5.28. The molecular weight excluding hydrogens is 398 g/mol. The molecule has 1 aromatic heterocycles. The van der Waals surface area contributed by atoms with E-state index in [2.05, 4.69) is 4.98 Å². The van der Waals surface area contributed by atoms with Crippen molar-refractivity contribution in [3.63, 3.8) is 0 Å². The van der Waals surface area contributed by atoms with Crippen molar-refractivity contribution in [2.45, 2.75) is 12.6 Å². The first-order valence-electron chi connectivity index (χ1n) is 9.44. The summed E-state index contributed by atoms with van der Waals surface area (Å²) in [5, 5.41) is 22.2. The molecule has 8 heteroatoms. The van der Waals surface area contributed by atoms with Crippen molar-refractivity contribution in [1.82, 2.24) is 9.88 Å². The van der Waals surface area contributed by atoms with Crippen LogP contribution in [0.2, 0.25) is 0 Å². The number of Topliss-reactive ketones (excluding diaryl/α,β-unsaturated/α-hetero) is 1. The maximum Gasteiger partial charge on any atom is 0.295 e. The molecule has 1 N–H and O–H groups in total. The van der Waals surface area contributed by atoms with Crippen LogP contribution in [0, 0.1) is 10.1 Å². The van der Waals surface area contributed by atoms with Crippen LogP contribution >= 0.6 is 0 Å². The number of rotatable bonds is 5. The lowest BCUT2D eigenvalue weighted by Gasteiger charge is -2.25. The molecule has 1 fully saturated rings. The molecule has 1 atom stereocenters. The second-order valence-electron chi connectivity index (χ2n) is 7.01. The van der Waals surface area contributed by atoms with Gasteiger partial charge in [-0.05, 0) is 17.2 Å². The summed E-state index contributed by atoms with van der Waals surface area (Å²) in [4.78, 5) is 42.0. The number of aliphatic hydroxyl groups excluding tert-OH is 1. The predicted octanol–water partition coefficient (Wildman–Crippen LogP) is 3.61. The van der Waals surface area contributed by atoms with Gasteiger partial charge in [-0.3, -0.25) is 24.7 Å². The van der Waals surface area contributed by atoms with Crippen LogP contribution in [0.4, 0.5) is 5.69 Å². The lowest BCUT2D eigenvalue weighted by atomic mass is 9.95. The quantitative estimate of drug-likeness (QED) is 0.224. The summed E-state index contributed by atoms with van der Waals surface area (Å²) in [5.74, 6) is -1.97. The van der Waals surface area contributed by atoms with Crippen LogP contribution in [0.15, 0.2) is 84.7 Å². The number of nitro groups is 1. The summed E-state index contributed by atoms with van der Waals surface area (Å²) >= 11 is 0. The lowest BCUT2D eigenvalue weighted by Crippen LogP contribution is -2.29. The fraction of sp³-hybridized carbons (Fsp3) is 0.0870. The van der Waals surface area contributed by atoms with Crippen molar-refractivity contribution >= 4 is 23.1 Å². The number of aliphatic hydroxyl groups is 1. The Bertz CT molecular complexity index is 1190. The smallest absolute Gasteiger partial charge is 0.295 e. The zero-order chi connectivity index (χ0) is 22.0. The predicted molar refractivity (Wildman–Crippen MR) is 112 cm³/mol. The minimum Gasteiger partial charge on any atom is -0.507 e. The number of pyridine rings is 1. The first-order chi connectivity index (χ1) is 15.0. The molecule has 3 aromatic rings. The first kappa shape index (κ1) is 20.0. The van der Waals surface area contributed by atoms with Gasteiger partial charge in [-0.1, -0.05) is 48.5 Å². The minimum absolute atomic E-state index is 0.0529. The number of carbonyl (C=O) groups excluding carboxylic acids is 2. The number of hydrogen-bond donors (Lipinski definition) is 1. The van der Waals surface area contributed by atoms with Gasteiger partial charge >= 0.3 is 0 Å². The number of aromatic nitrogens is 1. The largest absolute Gasteiger partial charge is 0.507 e. The highest BCUT2D eigenvalue weighted by molar-refractivity contribution is 6.46. The highest BCUT2D eigenvalue weighted by atomic mass is 16.6. The normalized spacial score (nSPS) is 17.7. The van der Waals surface area contributed by atoms with E-state index in [1.807, 2.05) is 0 Å². The third-order valence-electron chi connectivity index (χ3n) is 5.06. The van der Waals surface area contributed by atoms with E-state index in [0.717, 1.165) is 0 Å². The number of non-ortho nitro benzene ring substituents is 1. The zero-order valence-corrected chi connectivity index (χ0v) is 16.2. The van der Waals surface area contributed by atoms with Crippen molar-refractivity contribution in [2.75, 3.05) is 0 Å². The number of ketones is 1. The Labute approximate surface area is 177 Å². The van der Waals surface area contributed by atoms with Gasteiger partial charge in [0.2, 0.25) is 0 Å². The minimum atomic E-state index is -0.986. The fourth-order valence-electron chi connectivity index (χ4n) is 3.64. The Morgan fingerprint density at radius 2 is 1.84 bits per heavy atom. The average Bonchev–Trinajstić information content (AvgIpc) is 3.05. The molecule has 2 heterocycles. The average molecular weight is 415 g/mol. The number of nitrogens with zero attached hydrogens (tertiary/aromatic N) is 3. The number of nitro benzene ring substituents is 1. The van der Waals surface area contributed by atoms with E-state index in [4.69, 9.17) is 0 Å². The SMILES string of the molecule is O=C1C(=O)N(Cc2cccnc2)[C@H](c2cccc([N+](=O)[O-])c2)C1=C(O)c1ccccc1. The fourth-order valence-corrected chi connectivity index (χ4v) is 3.64. The second kappa shape index (κ2) is 8.19. The van der Waals surface area contributed by atoms with Gasteiger partial charge in [0.05, 0.1) is 16.5 Å². The summed E-state index contributed by atoms with van der Waals surface area (Å²) in [6.45, 7) is 0.0529. The first-order valence-corrected chi connectivity index (χ1v) is 9.44. The number of amides is 1.